The van der Waals surface area contributed by atoms with Gasteiger partial charge >= 0.3 is 0 Å². The summed E-state index contributed by atoms with van der Waals surface area (Å²) in [6.45, 7) is 2.29. The summed E-state index contributed by atoms with van der Waals surface area (Å²) < 4.78 is 5.58. The Labute approximate surface area is 107 Å². The van der Waals surface area contributed by atoms with E-state index in [1.54, 1.807) is 0 Å². The molecule has 96 valence electrons. The first-order valence-corrected chi connectivity index (χ1v) is 6.57. The summed E-state index contributed by atoms with van der Waals surface area (Å²) in [4.78, 5) is 8.04. The number of benzene rings is 1. The first-order valence-electron chi connectivity index (χ1n) is 6.57. The maximum atomic E-state index is 5.58. The Hall–Kier alpha value is -1.39. The summed E-state index contributed by atoms with van der Waals surface area (Å²) in [6, 6.07) is 6.32. The van der Waals surface area contributed by atoms with Crippen LogP contribution in [0.2, 0.25) is 0 Å². The van der Waals surface area contributed by atoms with Gasteiger partial charge in [-0.3, -0.25) is 0 Å². The third kappa shape index (κ3) is 2.54. The van der Waals surface area contributed by atoms with Crippen LogP contribution in [-0.4, -0.2) is 30.2 Å². The Morgan fingerprint density at radius 2 is 2.33 bits per heavy atom. The van der Waals surface area contributed by atoms with Crippen LogP contribution in [0.15, 0.2) is 18.2 Å². The third-order valence-electron chi connectivity index (χ3n) is 3.29. The number of fused-ring (bicyclic) bond motifs is 1. The van der Waals surface area contributed by atoms with Crippen LogP contribution in [0.3, 0.4) is 0 Å². The molecule has 0 amide bonds. The predicted octanol–water partition coefficient (Wildman–Crippen LogP) is 2.18. The topological polar surface area (TPSA) is 49.9 Å². The molecule has 0 unspecified atom stereocenters. The lowest BCUT2D eigenvalue weighted by Crippen LogP contribution is -2.13. The highest BCUT2D eigenvalue weighted by molar-refractivity contribution is 5.76. The van der Waals surface area contributed by atoms with Crippen molar-refractivity contribution in [2.45, 2.75) is 25.4 Å². The van der Waals surface area contributed by atoms with Crippen LogP contribution in [0.4, 0.5) is 0 Å². The fourth-order valence-electron chi connectivity index (χ4n) is 2.08. The third-order valence-corrected chi connectivity index (χ3v) is 3.29. The lowest BCUT2D eigenvalue weighted by Gasteiger charge is -2.03. The Morgan fingerprint density at radius 3 is 3.11 bits per heavy atom. The normalized spacial score (nSPS) is 15.4. The van der Waals surface area contributed by atoms with Gasteiger partial charge < -0.3 is 15.0 Å². The molecular formula is C14H19N3O. The van der Waals surface area contributed by atoms with Crippen molar-refractivity contribution in [2.75, 3.05) is 20.2 Å². The molecule has 4 nitrogen and oxygen atoms in total. The van der Waals surface area contributed by atoms with Crippen molar-refractivity contribution in [3.05, 3.63) is 29.6 Å². The van der Waals surface area contributed by atoms with Gasteiger partial charge in [-0.2, -0.15) is 0 Å². The van der Waals surface area contributed by atoms with E-state index in [-0.39, 0.29) is 0 Å². The molecule has 0 aliphatic heterocycles. The van der Waals surface area contributed by atoms with E-state index < -0.39 is 0 Å². The van der Waals surface area contributed by atoms with Crippen molar-refractivity contribution in [3.8, 4) is 0 Å². The SMILES string of the molecule is CNCCOCc1ccc2nc(C3CC3)[nH]c2c1. The molecule has 1 saturated carbocycles. The average molecular weight is 245 g/mol. The van der Waals surface area contributed by atoms with Gasteiger partial charge in [0.15, 0.2) is 0 Å². The van der Waals surface area contributed by atoms with E-state index in [1.165, 1.54) is 18.4 Å². The Kier molecular flexibility index (Phi) is 3.30. The number of ether oxygens (including phenoxy) is 1. The average Bonchev–Trinajstić information content (AvgIpc) is 3.15. The lowest BCUT2D eigenvalue weighted by molar-refractivity contribution is 0.124. The van der Waals surface area contributed by atoms with E-state index in [9.17, 15) is 0 Å². The summed E-state index contributed by atoms with van der Waals surface area (Å²) in [5.74, 6) is 1.82. The van der Waals surface area contributed by atoms with Crippen LogP contribution >= 0.6 is 0 Å². The zero-order chi connectivity index (χ0) is 12.4. The maximum absolute atomic E-state index is 5.58. The Bertz CT molecular complexity index is 531. The monoisotopic (exact) mass is 245 g/mol. The highest BCUT2D eigenvalue weighted by atomic mass is 16.5. The molecule has 3 rings (SSSR count). The maximum Gasteiger partial charge on any atom is 0.110 e. The summed E-state index contributed by atoms with van der Waals surface area (Å²) in [6.07, 6.45) is 2.56. The van der Waals surface area contributed by atoms with Crippen LogP contribution in [0.1, 0.15) is 30.1 Å². The highest BCUT2D eigenvalue weighted by Crippen LogP contribution is 2.39. The molecule has 0 radical (unpaired) electrons. The fourth-order valence-corrected chi connectivity index (χ4v) is 2.08. The first kappa shape index (κ1) is 11.7. The summed E-state index contributed by atoms with van der Waals surface area (Å²) in [5.41, 5.74) is 3.40. The standard InChI is InChI=1S/C14H19N3O/c1-15-6-7-18-9-10-2-5-12-13(8-10)17-14(16-12)11-3-4-11/h2,5,8,11,15H,3-4,6-7,9H2,1H3,(H,16,17). The van der Waals surface area contributed by atoms with E-state index in [0.29, 0.717) is 12.5 Å². The van der Waals surface area contributed by atoms with Crippen LogP contribution in [-0.2, 0) is 11.3 Å². The molecular weight excluding hydrogens is 226 g/mol. The second-order valence-corrected chi connectivity index (χ2v) is 4.90. The van der Waals surface area contributed by atoms with E-state index in [0.717, 1.165) is 30.0 Å². The van der Waals surface area contributed by atoms with Crippen LogP contribution in [0.25, 0.3) is 11.0 Å². The number of hydrogen-bond donors (Lipinski definition) is 2. The molecule has 1 aromatic heterocycles. The van der Waals surface area contributed by atoms with Gasteiger partial charge in [0.25, 0.3) is 0 Å². The van der Waals surface area contributed by atoms with Crippen molar-refractivity contribution in [1.82, 2.24) is 15.3 Å². The van der Waals surface area contributed by atoms with Gasteiger partial charge in [0.2, 0.25) is 0 Å². The van der Waals surface area contributed by atoms with Crippen molar-refractivity contribution >= 4 is 11.0 Å². The molecule has 1 aromatic carbocycles. The molecule has 0 saturated heterocycles. The van der Waals surface area contributed by atoms with Crippen molar-refractivity contribution in [1.29, 1.82) is 0 Å². The number of nitrogens with zero attached hydrogens (tertiary/aromatic N) is 1. The van der Waals surface area contributed by atoms with Crippen molar-refractivity contribution in [3.63, 3.8) is 0 Å². The van der Waals surface area contributed by atoms with Gasteiger partial charge in [0.05, 0.1) is 24.2 Å². The second-order valence-electron chi connectivity index (χ2n) is 4.90. The summed E-state index contributed by atoms with van der Waals surface area (Å²) in [5, 5.41) is 3.07. The Balaban J connectivity index is 1.69. The summed E-state index contributed by atoms with van der Waals surface area (Å²) in [7, 11) is 1.93. The number of H-pyrrole nitrogens is 1. The van der Waals surface area contributed by atoms with Crippen LogP contribution < -0.4 is 5.32 Å². The van der Waals surface area contributed by atoms with Gasteiger partial charge in [0, 0.05) is 12.5 Å². The highest BCUT2D eigenvalue weighted by Gasteiger charge is 2.26. The Morgan fingerprint density at radius 1 is 1.44 bits per heavy atom. The number of rotatable bonds is 6. The molecule has 1 heterocycles. The number of imidazole rings is 1. The number of likely N-dealkylation sites (N-methyl/N-ethyl adjacent to an activating group) is 1. The summed E-state index contributed by atoms with van der Waals surface area (Å²) >= 11 is 0. The van der Waals surface area contributed by atoms with E-state index in [4.69, 9.17) is 4.74 Å². The molecule has 0 spiro atoms. The molecule has 2 aromatic rings. The van der Waals surface area contributed by atoms with Crippen LogP contribution in [0.5, 0.6) is 0 Å². The van der Waals surface area contributed by atoms with Gasteiger partial charge in [0.1, 0.15) is 5.82 Å². The minimum Gasteiger partial charge on any atom is -0.375 e. The smallest absolute Gasteiger partial charge is 0.110 e. The van der Waals surface area contributed by atoms with Gasteiger partial charge in [-0.15, -0.1) is 0 Å². The largest absolute Gasteiger partial charge is 0.375 e. The molecule has 1 aliphatic rings. The van der Waals surface area contributed by atoms with Gasteiger partial charge in [-0.1, -0.05) is 6.07 Å². The minimum atomic E-state index is 0.662. The van der Waals surface area contributed by atoms with Crippen LogP contribution in [0, 0.1) is 0 Å². The van der Waals surface area contributed by atoms with Gasteiger partial charge in [-0.05, 0) is 37.6 Å². The van der Waals surface area contributed by atoms with E-state index in [2.05, 4.69) is 33.5 Å². The second kappa shape index (κ2) is 5.08. The predicted molar refractivity (Wildman–Crippen MR) is 71.7 cm³/mol. The number of hydrogen-bond acceptors (Lipinski definition) is 3. The quantitative estimate of drug-likeness (QED) is 0.767. The molecule has 4 heteroatoms. The molecule has 1 aliphatic carbocycles. The first-order chi connectivity index (χ1) is 8.86. The molecule has 18 heavy (non-hydrogen) atoms. The number of nitrogens with one attached hydrogen (secondary N) is 2. The van der Waals surface area contributed by atoms with E-state index in [1.807, 2.05) is 7.05 Å². The fraction of sp³-hybridized carbons (Fsp3) is 0.500. The number of aromatic amines is 1. The number of aromatic nitrogens is 2. The van der Waals surface area contributed by atoms with Crippen molar-refractivity contribution < 1.29 is 4.74 Å². The van der Waals surface area contributed by atoms with Gasteiger partial charge in [-0.25, -0.2) is 4.98 Å². The lowest BCUT2D eigenvalue weighted by atomic mass is 10.2. The molecule has 1 fully saturated rings. The molecule has 0 bridgehead atoms. The zero-order valence-electron chi connectivity index (χ0n) is 10.7. The zero-order valence-corrected chi connectivity index (χ0v) is 10.7. The van der Waals surface area contributed by atoms with Crippen molar-refractivity contribution in [2.24, 2.45) is 0 Å². The molecule has 0 atom stereocenters. The minimum absolute atomic E-state index is 0.662. The molecule has 2 N–H and O–H groups in total. The van der Waals surface area contributed by atoms with E-state index >= 15 is 0 Å².